The van der Waals surface area contributed by atoms with Crippen molar-refractivity contribution in [3.8, 4) is 0 Å². The number of carbonyl (C=O) groups is 1. The smallest absolute Gasteiger partial charge is 0.433 e. The molecular formula is C32H47NO5. The molecule has 4 saturated carbocycles. The van der Waals surface area contributed by atoms with Crippen LogP contribution in [0.25, 0.3) is 0 Å². The molecular weight excluding hydrogens is 478 g/mol. The monoisotopic (exact) mass is 525 g/mol. The molecule has 0 bridgehead atoms. The Labute approximate surface area is 227 Å². The fourth-order valence-corrected chi connectivity index (χ4v) is 10.3. The van der Waals surface area contributed by atoms with Crippen LogP contribution in [0.1, 0.15) is 103 Å². The first-order valence-corrected chi connectivity index (χ1v) is 15.4. The summed E-state index contributed by atoms with van der Waals surface area (Å²) in [6, 6.07) is 3.60. The van der Waals surface area contributed by atoms with E-state index in [0.29, 0.717) is 29.3 Å². The Bertz CT molecular complexity index is 1060. The third-order valence-electron chi connectivity index (χ3n) is 12.7. The molecule has 5 fully saturated rings. The van der Waals surface area contributed by atoms with Crippen molar-refractivity contribution < 1.29 is 18.7 Å². The summed E-state index contributed by atoms with van der Waals surface area (Å²) in [5.41, 5.74) is 1.81. The molecule has 38 heavy (non-hydrogen) atoms. The molecule has 6 rings (SSSR count). The number of ether oxygens (including phenoxy) is 2. The van der Waals surface area contributed by atoms with Crippen LogP contribution in [-0.2, 0) is 9.47 Å². The second kappa shape index (κ2) is 9.98. The highest BCUT2D eigenvalue weighted by atomic mass is 16.7. The fraction of sp³-hybridized carbons (Fsp3) is 0.812. The summed E-state index contributed by atoms with van der Waals surface area (Å²) in [6.07, 6.45) is 14.3. The van der Waals surface area contributed by atoms with Crippen LogP contribution in [0.5, 0.6) is 0 Å². The zero-order chi connectivity index (χ0) is 26.5. The van der Waals surface area contributed by atoms with Crippen LogP contribution >= 0.6 is 0 Å². The van der Waals surface area contributed by atoms with Crippen molar-refractivity contribution in [3.05, 3.63) is 34.4 Å². The van der Waals surface area contributed by atoms with Gasteiger partial charge in [-0.1, -0.05) is 20.8 Å². The van der Waals surface area contributed by atoms with E-state index in [4.69, 9.17) is 13.9 Å². The average Bonchev–Trinajstić information content (AvgIpc) is 3.51. The van der Waals surface area contributed by atoms with Crippen LogP contribution in [0.4, 0.5) is 4.79 Å². The first-order chi connectivity index (χ1) is 18.2. The van der Waals surface area contributed by atoms with Gasteiger partial charge in [0.05, 0.1) is 6.26 Å². The molecule has 8 unspecified atom stereocenters. The zero-order valence-corrected chi connectivity index (χ0v) is 23.7. The maximum Gasteiger partial charge on any atom is 0.508 e. The summed E-state index contributed by atoms with van der Waals surface area (Å²) in [7, 11) is 0. The average molecular weight is 526 g/mol. The van der Waals surface area contributed by atoms with Crippen molar-refractivity contribution in [1.29, 1.82) is 0 Å². The predicted octanol–water partition coefficient (Wildman–Crippen LogP) is 6.77. The third kappa shape index (κ3) is 4.33. The van der Waals surface area contributed by atoms with Crippen molar-refractivity contribution in [1.82, 2.24) is 4.90 Å². The van der Waals surface area contributed by atoms with Crippen LogP contribution in [0.2, 0.25) is 0 Å². The Balaban J connectivity index is 1.09. The van der Waals surface area contributed by atoms with Crippen molar-refractivity contribution in [2.24, 2.45) is 34.0 Å². The van der Waals surface area contributed by atoms with Crippen LogP contribution in [0, 0.1) is 34.0 Å². The highest BCUT2D eigenvalue weighted by molar-refractivity contribution is 5.60. The Kier molecular flexibility index (Phi) is 6.93. The predicted molar refractivity (Wildman–Crippen MR) is 146 cm³/mol. The van der Waals surface area contributed by atoms with Crippen molar-refractivity contribution in [2.75, 3.05) is 26.2 Å². The number of likely N-dealkylation sites (tertiary alicyclic amines) is 1. The minimum absolute atomic E-state index is 0.00282. The lowest BCUT2D eigenvalue weighted by Crippen LogP contribution is -2.57. The molecule has 6 nitrogen and oxygen atoms in total. The number of hydrogen-bond acceptors (Lipinski definition) is 6. The molecule has 1 aromatic heterocycles. The minimum atomic E-state index is -0.471. The van der Waals surface area contributed by atoms with Crippen molar-refractivity contribution in [2.45, 2.75) is 103 Å². The molecule has 0 radical (unpaired) electrons. The molecule has 6 heteroatoms. The molecule has 0 amide bonds. The van der Waals surface area contributed by atoms with Gasteiger partial charge >= 0.3 is 11.8 Å². The van der Waals surface area contributed by atoms with Crippen LogP contribution in [0.3, 0.4) is 0 Å². The summed E-state index contributed by atoms with van der Waals surface area (Å²) in [5, 5.41) is 0. The normalized spacial score (nSPS) is 42.7. The fourth-order valence-electron chi connectivity index (χ4n) is 10.3. The van der Waals surface area contributed by atoms with Gasteiger partial charge in [-0.3, -0.25) is 4.90 Å². The van der Waals surface area contributed by atoms with E-state index in [-0.39, 0.29) is 17.1 Å². The zero-order valence-electron chi connectivity index (χ0n) is 23.7. The van der Waals surface area contributed by atoms with E-state index in [2.05, 4.69) is 25.7 Å². The molecule has 5 aliphatic rings. The van der Waals surface area contributed by atoms with Gasteiger partial charge in [0.2, 0.25) is 0 Å². The third-order valence-corrected chi connectivity index (χ3v) is 12.7. The van der Waals surface area contributed by atoms with E-state index in [0.717, 1.165) is 50.7 Å². The molecule has 4 aliphatic carbocycles. The molecule has 0 spiro atoms. The number of nitrogens with zero attached hydrogens (tertiary/aromatic N) is 1. The van der Waals surface area contributed by atoms with Gasteiger partial charge in [0.1, 0.15) is 12.7 Å². The number of fused-ring (bicyclic) bond motifs is 5. The summed E-state index contributed by atoms with van der Waals surface area (Å²) in [5.74, 6) is 2.55. The Morgan fingerprint density at radius 1 is 0.974 bits per heavy atom. The lowest BCUT2D eigenvalue weighted by molar-refractivity contribution is -0.159. The molecule has 1 aliphatic heterocycles. The molecule has 8 atom stereocenters. The second-order valence-corrected chi connectivity index (χ2v) is 14.0. The molecule has 2 heterocycles. The second-order valence-electron chi connectivity index (χ2n) is 14.0. The van der Waals surface area contributed by atoms with Gasteiger partial charge in [0.25, 0.3) is 0 Å². The van der Waals surface area contributed by atoms with E-state index in [1.807, 2.05) is 6.07 Å². The summed E-state index contributed by atoms with van der Waals surface area (Å²) in [6.45, 7) is 11.2. The van der Waals surface area contributed by atoms with E-state index < -0.39 is 6.16 Å². The largest absolute Gasteiger partial charge is 0.508 e. The standard InChI is InChI=1S/C32H47NO5/c1-30-13-10-24(38-29(35)36-19-18-33-16-4-5-17-33)20-23(30)7-8-27-26(30)12-15-31(2)25(11-14-32(27,31)3)22-6-9-28(34)37-21-22/h6,9,21,23-27H,4-5,7-8,10-20H2,1-3H3. The molecule has 1 saturated heterocycles. The van der Waals surface area contributed by atoms with Crippen LogP contribution in [0.15, 0.2) is 27.6 Å². The van der Waals surface area contributed by atoms with Gasteiger partial charge in [0, 0.05) is 12.6 Å². The molecule has 1 aromatic rings. The van der Waals surface area contributed by atoms with Gasteiger partial charge in [-0.25, -0.2) is 9.59 Å². The molecule has 0 N–H and O–H groups in total. The number of carbonyl (C=O) groups excluding carboxylic acids is 1. The Hall–Kier alpha value is -1.82. The van der Waals surface area contributed by atoms with E-state index in [1.165, 1.54) is 56.9 Å². The van der Waals surface area contributed by atoms with Crippen LogP contribution in [-0.4, -0.2) is 43.4 Å². The van der Waals surface area contributed by atoms with Gasteiger partial charge in [0.15, 0.2) is 0 Å². The van der Waals surface area contributed by atoms with Gasteiger partial charge in [-0.15, -0.1) is 0 Å². The van der Waals surface area contributed by atoms with Gasteiger partial charge in [-0.2, -0.15) is 0 Å². The number of hydrogen-bond donors (Lipinski definition) is 0. The van der Waals surface area contributed by atoms with E-state index >= 15 is 0 Å². The SMILES string of the molecule is CC12CCC(OC(=O)OCCN3CCCC3)CC1CCC1C2CCC2(C)C(c3ccc(=O)oc3)CCC12C. The highest BCUT2D eigenvalue weighted by Gasteiger charge is 2.65. The lowest BCUT2D eigenvalue weighted by atomic mass is 9.40. The topological polar surface area (TPSA) is 69.0 Å². The molecule has 0 aromatic carbocycles. The maximum atomic E-state index is 12.4. The Morgan fingerprint density at radius 3 is 2.53 bits per heavy atom. The molecule has 210 valence electrons. The van der Waals surface area contributed by atoms with E-state index in [1.54, 1.807) is 12.3 Å². The highest BCUT2D eigenvalue weighted by Crippen LogP contribution is 2.74. The lowest BCUT2D eigenvalue weighted by Gasteiger charge is -2.64. The van der Waals surface area contributed by atoms with Crippen molar-refractivity contribution >= 4 is 6.16 Å². The summed E-state index contributed by atoms with van der Waals surface area (Å²) < 4.78 is 16.6. The quantitative estimate of drug-likeness (QED) is 0.395. The van der Waals surface area contributed by atoms with Crippen LogP contribution < -0.4 is 5.63 Å². The van der Waals surface area contributed by atoms with Crippen molar-refractivity contribution in [3.63, 3.8) is 0 Å². The summed E-state index contributed by atoms with van der Waals surface area (Å²) in [4.78, 5) is 26.4. The van der Waals surface area contributed by atoms with Gasteiger partial charge < -0.3 is 13.9 Å². The maximum absolute atomic E-state index is 12.4. The van der Waals surface area contributed by atoms with E-state index in [9.17, 15) is 9.59 Å². The Morgan fingerprint density at radius 2 is 1.76 bits per heavy atom. The van der Waals surface area contributed by atoms with Gasteiger partial charge in [-0.05, 0) is 135 Å². The first kappa shape index (κ1) is 26.4. The first-order valence-electron chi connectivity index (χ1n) is 15.4. The summed E-state index contributed by atoms with van der Waals surface area (Å²) >= 11 is 0. The minimum Gasteiger partial charge on any atom is -0.433 e. The number of rotatable bonds is 5.